The van der Waals surface area contributed by atoms with E-state index in [9.17, 15) is 18.6 Å². The fraction of sp³-hybridized carbons (Fsp3) is 0.179. The third-order valence-corrected chi connectivity index (χ3v) is 8.45. The number of anilines is 1. The van der Waals surface area contributed by atoms with Crippen LogP contribution < -0.4 is 4.72 Å². The normalized spacial score (nSPS) is 13.1. The number of aryl methyl sites for hydroxylation is 1. The molecule has 0 saturated carbocycles. The Bertz CT molecular complexity index is 1530. The first-order chi connectivity index (χ1) is 17.2. The molecule has 186 valence electrons. The van der Waals surface area contributed by atoms with E-state index in [2.05, 4.69) is 16.6 Å². The number of aromatic nitrogens is 1. The number of allylic oxidation sites excluding steroid dienone is 1. The van der Waals surface area contributed by atoms with Crippen LogP contribution in [0.15, 0.2) is 88.8 Å². The highest BCUT2D eigenvalue weighted by Crippen LogP contribution is 2.45. The summed E-state index contributed by atoms with van der Waals surface area (Å²) in [6, 6.07) is 18.8. The number of fused-ring (bicyclic) bond motifs is 1. The summed E-state index contributed by atoms with van der Waals surface area (Å²) >= 11 is 1.34. The van der Waals surface area contributed by atoms with Gasteiger partial charge in [-0.2, -0.15) is 0 Å². The maximum Gasteiger partial charge on any atom is 0.261 e. The Hall–Kier alpha value is -3.33. The zero-order valence-corrected chi connectivity index (χ0v) is 21.9. The van der Waals surface area contributed by atoms with Crippen molar-refractivity contribution in [1.29, 1.82) is 0 Å². The van der Waals surface area contributed by atoms with Gasteiger partial charge in [0.1, 0.15) is 5.75 Å². The highest BCUT2D eigenvalue weighted by atomic mass is 32.2. The molecular weight excluding hydrogens is 492 g/mol. The van der Waals surface area contributed by atoms with E-state index in [1.807, 2.05) is 25.1 Å². The van der Waals surface area contributed by atoms with Crippen LogP contribution in [0.25, 0.3) is 15.7 Å². The van der Waals surface area contributed by atoms with Crippen LogP contribution >= 0.6 is 11.8 Å². The van der Waals surface area contributed by atoms with E-state index >= 15 is 0 Å². The number of nitrogens with one attached hydrogen (secondary N) is 1. The summed E-state index contributed by atoms with van der Waals surface area (Å²) in [5.41, 5.74) is 2.90. The highest BCUT2D eigenvalue weighted by Gasteiger charge is 2.20. The van der Waals surface area contributed by atoms with E-state index in [1.165, 1.54) is 23.9 Å². The van der Waals surface area contributed by atoms with Crippen LogP contribution in [-0.2, 0) is 16.4 Å². The first kappa shape index (κ1) is 25.8. The second-order valence-corrected chi connectivity index (χ2v) is 11.1. The number of aromatic hydroxyl groups is 1. The zero-order valence-electron chi connectivity index (χ0n) is 20.3. The number of phenolic OH excluding ortho intramolecular Hbond substituents is 1. The number of phenols is 1. The van der Waals surface area contributed by atoms with Crippen molar-refractivity contribution >= 4 is 43.2 Å². The number of rotatable bonds is 8. The van der Waals surface area contributed by atoms with E-state index in [-0.39, 0.29) is 10.6 Å². The first-order valence-corrected chi connectivity index (χ1v) is 13.9. The highest BCUT2D eigenvalue weighted by molar-refractivity contribution is 8.08. The molecule has 0 radical (unpaired) electrons. The van der Waals surface area contributed by atoms with Gasteiger partial charge < -0.3 is 10.2 Å². The molecule has 36 heavy (non-hydrogen) atoms. The van der Waals surface area contributed by atoms with Gasteiger partial charge in [-0.1, -0.05) is 67.2 Å². The van der Waals surface area contributed by atoms with Gasteiger partial charge in [0.15, 0.2) is 0 Å². The van der Waals surface area contributed by atoms with E-state index in [1.54, 1.807) is 55.6 Å². The van der Waals surface area contributed by atoms with Crippen LogP contribution in [-0.4, -0.2) is 23.6 Å². The number of benzene rings is 3. The maximum absolute atomic E-state index is 13.2. The Morgan fingerprint density at radius 2 is 1.78 bits per heavy atom. The fourth-order valence-electron chi connectivity index (χ4n) is 3.93. The van der Waals surface area contributed by atoms with Gasteiger partial charge in [0.05, 0.1) is 27.3 Å². The largest absolute Gasteiger partial charge is 0.506 e. The molecule has 1 aromatic heterocycles. The number of thioether (sulfide) groups is 1. The molecule has 3 aromatic carbocycles. The molecule has 0 bridgehead atoms. The summed E-state index contributed by atoms with van der Waals surface area (Å²) in [6.07, 6.45) is 3.79. The van der Waals surface area contributed by atoms with Gasteiger partial charge in [0.2, 0.25) is 0 Å². The molecule has 0 aliphatic heterocycles. The van der Waals surface area contributed by atoms with Crippen molar-refractivity contribution in [2.75, 3.05) is 4.72 Å². The van der Waals surface area contributed by atoms with Gasteiger partial charge in [0.25, 0.3) is 10.0 Å². The molecular formula is C28H28N2O4S2. The minimum absolute atomic E-state index is 0.0770. The summed E-state index contributed by atoms with van der Waals surface area (Å²) in [4.78, 5) is 6.00. The van der Waals surface area contributed by atoms with Gasteiger partial charge in [-0.05, 0) is 55.7 Å². The number of hydrogen-bond donors (Lipinski definition) is 3. The Morgan fingerprint density at radius 3 is 2.42 bits per heavy atom. The molecule has 1 unspecified atom stereocenters. The van der Waals surface area contributed by atoms with Crippen molar-refractivity contribution in [3.8, 4) is 5.75 Å². The monoisotopic (exact) mass is 520 g/mol. The maximum atomic E-state index is 13.2. The van der Waals surface area contributed by atoms with Crippen LogP contribution in [0, 0.1) is 0 Å². The van der Waals surface area contributed by atoms with Gasteiger partial charge in [0, 0.05) is 21.9 Å². The summed E-state index contributed by atoms with van der Waals surface area (Å²) in [6.45, 7) is 5.60. The second-order valence-electron chi connectivity index (χ2n) is 8.29. The summed E-state index contributed by atoms with van der Waals surface area (Å²) < 4.78 is 29.2. The van der Waals surface area contributed by atoms with Crippen molar-refractivity contribution in [2.45, 2.75) is 43.1 Å². The lowest BCUT2D eigenvalue weighted by atomic mass is 10.1. The minimum atomic E-state index is -3.92. The van der Waals surface area contributed by atoms with Gasteiger partial charge in [-0.3, -0.25) is 9.71 Å². The lowest BCUT2D eigenvalue weighted by molar-refractivity contribution is 0.199. The average molecular weight is 521 g/mol. The lowest BCUT2D eigenvalue weighted by Crippen LogP contribution is -2.13. The molecule has 3 N–H and O–H groups in total. The molecule has 4 rings (SSSR count). The fourth-order valence-corrected chi connectivity index (χ4v) is 6.02. The zero-order chi connectivity index (χ0) is 25.9. The van der Waals surface area contributed by atoms with Crippen LogP contribution in [0.2, 0.25) is 0 Å². The van der Waals surface area contributed by atoms with Gasteiger partial charge in [-0.25, -0.2) is 8.42 Å². The summed E-state index contributed by atoms with van der Waals surface area (Å²) in [7, 11) is -3.92. The molecule has 1 heterocycles. The number of pyridine rings is 1. The molecule has 0 aliphatic carbocycles. The van der Waals surface area contributed by atoms with Crippen LogP contribution in [0.4, 0.5) is 5.69 Å². The van der Waals surface area contributed by atoms with Crippen LogP contribution in [0.3, 0.4) is 0 Å². The number of sulfonamides is 1. The van der Waals surface area contributed by atoms with E-state index in [4.69, 9.17) is 0 Å². The Labute approximate surface area is 215 Å². The SMILES string of the molecule is CC=C(Sc1cc(NS(=O)(=O)c2ccc(C(C)O)cc2)c2ccccc2c1O)c1ncccc1CC. The lowest BCUT2D eigenvalue weighted by Gasteiger charge is -2.16. The summed E-state index contributed by atoms with van der Waals surface area (Å²) in [5.74, 6) is 0.0770. The number of hydrogen-bond acceptors (Lipinski definition) is 6. The number of aliphatic hydroxyl groups excluding tert-OH is 1. The quantitative estimate of drug-likeness (QED) is 0.181. The molecule has 0 spiro atoms. The standard InChI is InChI=1S/C28H28N2O4S2/c1-4-19-9-8-16-29-27(19)25(5-2)35-26-17-24(22-10-6-7-11-23(22)28(26)32)30-36(33,34)21-14-12-20(13-15-21)18(3)31/h5-18,30-32H,4H2,1-3H3. The number of aliphatic hydroxyl groups is 1. The van der Waals surface area contributed by atoms with Crippen molar-refractivity contribution in [3.63, 3.8) is 0 Å². The molecule has 0 amide bonds. The molecule has 8 heteroatoms. The smallest absolute Gasteiger partial charge is 0.261 e. The molecule has 0 aliphatic rings. The Kier molecular flexibility index (Phi) is 7.68. The van der Waals surface area contributed by atoms with Gasteiger partial charge in [-0.15, -0.1) is 0 Å². The van der Waals surface area contributed by atoms with Crippen LogP contribution in [0.1, 0.15) is 43.7 Å². The topological polar surface area (TPSA) is 99.5 Å². The third kappa shape index (κ3) is 5.26. The Morgan fingerprint density at radius 1 is 1.08 bits per heavy atom. The molecule has 4 aromatic rings. The van der Waals surface area contributed by atoms with Crippen molar-refractivity contribution in [3.05, 3.63) is 95.8 Å². The molecule has 6 nitrogen and oxygen atoms in total. The molecule has 0 fully saturated rings. The van der Waals surface area contributed by atoms with Crippen molar-refractivity contribution < 1.29 is 18.6 Å². The van der Waals surface area contributed by atoms with E-state index in [0.717, 1.165) is 22.6 Å². The van der Waals surface area contributed by atoms with Crippen molar-refractivity contribution in [1.82, 2.24) is 4.98 Å². The van der Waals surface area contributed by atoms with Crippen molar-refractivity contribution in [2.24, 2.45) is 0 Å². The molecule has 1 atom stereocenters. The minimum Gasteiger partial charge on any atom is -0.506 e. The number of nitrogens with zero attached hydrogens (tertiary/aromatic N) is 1. The predicted octanol–water partition coefficient (Wildman–Crippen LogP) is 6.51. The summed E-state index contributed by atoms with van der Waals surface area (Å²) in [5, 5.41) is 22.0. The Balaban J connectivity index is 1.77. The van der Waals surface area contributed by atoms with E-state index < -0.39 is 16.1 Å². The van der Waals surface area contributed by atoms with E-state index in [0.29, 0.717) is 26.9 Å². The molecule has 0 saturated heterocycles. The van der Waals surface area contributed by atoms with Crippen LogP contribution in [0.5, 0.6) is 5.75 Å². The average Bonchev–Trinajstić information content (AvgIpc) is 2.89. The second kappa shape index (κ2) is 10.7. The predicted molar refractivity (Wildman–Crippen MR) is 147 cm³/mol. The third-order valence-electron chi connectivity index (χ3n) is 5.89. The first-order valence-electron chi connectivity index (χ1n) is 11.6. The van der Waals surface area contributed by atoms with Gasteiger partial charge >= 0.3 is 0 Å².